The lowest BCUT2D eigenvalue weighted by molar-refractivity contribution is 0.198. The predicted octanol–water partition coefficient (Wildman–Crippen LogP) is 2.28. The molecule has 1 fully saturated rings. The first-order valence-electron chi connectivity index (χ1n) is 8.95. The maximum Gasteiger partial charge on any atom is 0.320 e. The summed E-state index contributed by atoms with van der Waals surface area (Å²) in [6, 6.07) is 7.88. The summed E-state index contributed by atoms with van der Waals surface area (Å²) in [5.41, 5.74) is 2.10. The second-order valence-electron chi connectivity index (χ2n) is 6.90. The molecule has 2 aromatic heterocycles. The van der Waals surface area contributed by atoms with Gasteiger partial charge in [-0.25, -0.2) is 4.68 Å². The number of β-amino-alcohol motifs (C(OH)–C–C–N with tert-alkyl or cyclic N) is 1. The molecule has 8 nitrogen and oxygen atoms in total. The molecule has 27 heavy (non-hydrogen) atoms. The van der Waals surface area contributed by atoms with Crippen LogP contribution < -0.4 is 9.64 Å². The smallest absolute Gasteiger partial charge is 0.320 e. The first kappa shape index (κ1) is 17.9. The first-order chi connectivity index (χ1) is 13.0. The van der Waals surface area contributed by atoms with Gasteiger partial charge in [0, 0.05) is 18.1 Å². The standard InChI is InChI=1S/C18H21ClN6O2/c1-11(2)27-18-20-16(24-8-7-13(26)10-24)15-17(21-18)25(23-22-15)9-12-5-3-4-6-14(12)19/h3-6,11,13,26H,7-10H2,1-2H3/t13-/m0/s1. The van der Waals surface area contributed by atoms with Gasteiger partial charge >= 0.3 is 6.01 Å². The summed E-state index contributed by atoms with van der Waals surface area (Å²) >= 11 is 6.29. The molecule has 0 radical (unpaired) electrons. The van der Waals surface area contributed by atoms with E-state index >= 15 is 0 Å². The molecule has 1 N–H and O–H groups in total. The predicted molar refractivity (Wildman–Crippen MR) is 102 cm³/mol. The molecule has 3 aromatic rings. The van der Waals surface area contributed by atoms with Crippen LogP contribution in [-0.4, -0.2) is 55.4 Å². The van der Waals surface area contributed by atoms with E-state index in [1.807, 2.05) is 43.0 Å². The van der Waals surface area contributed by atoms with Crippen molar-refractivity contribution >= 4 is 28.6 Å². The maximum absolute atomic E-state index is 9.91. The third-order valence-electron chi connectivity index (χ3n) is 4.41. The zero-order valence-electron chi connectivity index (χ0n) is 15.2. The highest BCUT2D eigenvalue weighted by Crippen LogP contribution is 2.28. The number of benzene rings is 1. The van der Waals surface area contributed by atoms with E-state index in [1.165, 1.54) is 0 Å². The van der Waals surface area contributed by atoms with Gasteiger partial charge < -0.3 is 14.7 Å². The Kier molecular flexibility index (Phi) is 4.84. The number of fused-ring (bicyclic) bond motifs is 1. The quantitative estimate of drug-likeness (QED) is 0.717. The first-order valence-corrected chi connectivity index (χ1v) is 9.33. The molecule has 9 heteroatoms. The second kappa shape index (κ2) is 7.28. The summed E-state index contributed by atoms with van der Waals surface area (Å²) in [4.78, 5) is 11.1. The Morgan fingerprint density at radius 1 is 1.30 bits per heavy atom. The number of nitrogens with zero attached hydrogens (tertiary/aromatic N) is 6. The molecule has 3 heterocycles. The van der Waals surface area contributed by atoms with Crippen molar-refractivity contribution in [3.63, 3.8) is 0 Å². The van der Waals surface area contributed by atoms with Gasteiger partial charge in [0.2, 0.25) is 0 Å². The molecule has 1 aromatic carbocycles. The Labute approximate surface area is 161 Å². The average Bonchev–Trinajstić information content (AvgIpc) is 3.22. The van der Waals surface area contributed by atoms with E-state index in [4.69, 9.17) is 16.3 Å². The molecule has 4 rings (SSSR count). The van der Waals surface area contributed by atoms with Crippen LogP contribution in [0.5, 0.6) is 6.01 Å². The minimum atomic E-state index is -0.373. The number of hydrogen-bond acceptors (Lipinski definition) is 7. The van der Waals surface area contributed by atoms with Crippen LogP contribution in [0.15, 0.2) is 24.3 Å². The summed E-state index contributed by atoms with van der Waals surface area (Å²) < 4.78 is 7.44. The van der Waals surface area contributed by atoms with Crippen molar-refractivity contribution in [2.24, 2.45) is 0 Å². The van der Waals surface area contributed by atoms with Gasteiger partial charge in [-0.05, 0) is 31.9 Å². The van der Waals surface area contributed by atoms with Crippen LogP contribution in [0.3, 0.4) is 0 Å². The molecule has 0 bridgehead atoms. The normalized spacial score (nSPS) is 17.2. The molecule has 0 saturated carbocycles. The molecule has 1 aliphatic heterocycles. The van der Waals surface area contributed by atoms with Crippen molar-refractivity contribution in [2.75, 3.05) is 18.0 Å². The number of anilines is 1. The topological polar surface area (TPSA) is 89.2 Å². The molecule has 0 unspecified atom stereocenters. The Morgan fingerprint density at radius 2 is 2.11 bits per heavy atom. The minimum absolute atomic E-state index is 0.0626. The fourth-order valence-corrected chi connectivity index (χ4v) is 3.33. The van der Waals surface area contributed by atoms with Crippen LogP contribution in [0, 0.1) is 0 Å². The van der Waals surface area contributed by atoms with E-state index in [1.54, 1.807) is 4.68 Å². The van der Waals surface area contributed by atoms with E-state index in [0.717, 1.165) is 5.56 Å². The third-order valence-corrected chi connectivity index (χ3v) is 4.77. The van der Waals surface area contributed by atoms with E-state index in [2.05, 4.69) is 20.3 Å². The van der Waals surface area contributed by atoms with Crippen molar-refractivity contribution in [3.8, 4) is 6.01 Å². The van der Waals surface area contributed by atoms with Crippen molar-refractivity contribution in [1.82, 2.24) is 25.0 Å². The number of aromatic nitrogens is 5. The van der Waals surface area contributed by atoms with Crippen molar-refractivity contribution < 1.29 is 9.84 Å². The van der Waals surface area contributed by atoms with Gasteiger partial charge in [0.1, 0.15) is 0 Å². The van der Waals surface area contributed by atoms with E-state index in [9.17, 15) is 5.11 Å². The third kappa shape index (κ3) is 3.68. The lowest BCUT2D eigenvalue weighted by atomic mass is 10.2. The Hall–Kier alpha value is -2.45. The molecule has 1 atom stereocenters. The lowest BCUT2D eigenvalue weighted by Crippen LogP contribution is -2.23. The molecular formula is C18H21ClN6O2. The average molecular weight is 389 g/mol. The number of rotatable bonds is 5. The summed E-state index contributed by atoms with van der Waals surface area (Å²) in [5, 5.41) is 19.1. The molecule has 1 aliphatic rings. The highest BCUT2D eigenvalue weighted by atomic mass is 35.5. The van der Waals surface area contributed by atoms with Gasteiger partial charge in [0.25, 0.3) is 0 Å². The van der Waals surface area contributed by atoms with Gasteiger partial charge in [-0.1, -0.05) is 35.0 Å². The van der Waals surface area contributed by atoms with Crippen molar-refractivity contribution in [1.29, 1.82) is 0 Å². The van der Waals surface area contributed by atoms with Gasteiger partial charge in [0.05, 0.1) is 18.8 Å². The summed E-state index contributed by atoms with van der Waals surface area (Å²) in [6.07, 6.45) is 0.259. The lowest BCUT2D eigenvalue weighted by Gasteiger charge is -2.18. The van der Waals surface area contributed by atoms with Crippen LogP contribution >= 0.6 is 11.6 Å². The van der Waals surface area contributed by atoms with Crippen molar-refractivity contribution in [3.05, 3.63) is 34.9 Å². The number of halogens is 1. The van der Waals surface area contributed by atoms with Crippen LogP contribution in [-0.2, 0) is 6.54 Å². The fourth-order valence-electron chi connectivity index (χ4n) is 3.14. The Morgan fingerprint density at radius 3 is 2.81 bits per heavy atom. The summed E-state index contributed by atoms with van der Waals surface area (Å²) in [6.45, 7) is 5.49. The SMILES string of the molecule is CC(C)Oc1nc(N2CC[C@H](O)C2)c2nnn(Cc3ccccc3Cl)c2n1. The number of aliphatic hydroxyl groups excluding tert-OH is 1. The van der Waals surface area contributed by atoms with Gasteiger partial charge in [0.15, 0.2) is 17.0 Å². The molecule has 0 amide bonds. The fraction of sp³-hybridized carbons (Fsp3) is 0.444. The Balaban J connectivity index is 1.78. The Bertz CT molecular complexity index is 960. The van der Waals surface area contributed by atoms with E-state index < -0.39 is 0 Å². The van der Waals surface area contributed by atoms with Crippen molar-refractivity contribution in [2.45, 2.75) is 39.0 Å². The minimum Gasteiger partial charge on any atom is -0.461 e. The van der Waals surface area contributed by atoms with Crippen LogP contribution in [0.4, 0.5) is 5.82 Å². The number of hydrogen-bond donors (Lipinski definition) is 1. The second-order valence-corrected chi connectivity index (χ2v) is 7.30. The van der Waals surface area contributed by atoms with Gasteiger partial charge in [-0.3, -0.25) is 0 Å². The van der Waals surface area contributed by atoms with Crippen LogP contribution in [0.1, 0.15) is 25.8 Å². The van der Waals surface area contributed by atoms with Crippen LogP contribution in [0.2, 0.25) is 5.02 Å². The maximum atomic E-state index is 9.91. The molecule has 1 saturated heterocycles. The molecule has 142 valence electrons. The molecule has 0 spiro atoms. The monoisotopic (exact) mass is 388 g/mol. The molecular weight excluding hydrogens is 368 g/mol. The van der Waals surface area contributed by atoms with Crippen LogP contribution in [0.25, 0.3) is 11.2 Å². The summed E-state index contributed by atoms with van der Waals surface area (Å²) in [5.74, 6) is 0.637. The molecule has 0 aliphatic carbocycles. The van der Waals surface area contributed by atoms with E-state index in [-0.39, 0.29) is 18.2 Å². The largest absolute Gasteiger partial charge is 0.461 e. The zero-order chi connectivity index (χ0) is 19.0. The number of aliphatic hydroxyl groups is 1. The van der Waals surface area contributed by atoms with Gasteiger partial charge in [-0.2, -0.15) is 9.97 Å². The zero-order valence-corrected chi connectivity index (χ0v) is 16.0. The number of ether oxygens (including phenoxy) is 1. The van der Waals surface area contributed by atoms with E-state index in [0.29, 0.717) is 48.1 Å². The highest BCUT2D eigenvalue weighted by Gasteiger charge is 2.26. The highest BCUT2D eigenvalue weighted by molar-refractivity contribution is 6.31. The van der Waals surface area contributed by atoms with Gasteiger partial charge in [-0.15, -0.1) is 5.10 Å². The summed E-state index contributed by atoms with van der Waals surface area (Å²) in [7, 11) is 0.